The molecule has 2 rings (SSSR count). The summed E-state index contributed by atoms with van der Waals surface area (Å²) in [5, 5.41) is 12.0. The van der Waals surface area contributed by atoms with Gasteiger partial charge in [-0.25, -0.2) is 0 Å². The zero-order valence-electron chi connectivity index (χ0n) is 8.30. The number of carbonyl (C=O) groups excluding carboxylic acids is 1. The normalized spacial score (nSPS) is 21.4. The average molecular weight is 205 g/mol. The van der Waals surface area contributed by atoms with E-state index >= 15 is 0 Å². The number of hydrogen-bond donors (Lipinski definition) is 1. The summed E-state index contributed by atoms with van der Waals surface area (Å²) in [5.41, 5.74) is 2.24. The summed E-state index contributed by atoms with van der Waals surface area (Å²) >= 11 is 0. The van der Waals surface area contributed by atoms with E-state index in [4.69, 9.17) is 9.94 Å². The number of nitrogens with zero attached hydrogens (tertiary/aromatic N) is 1. The molecule has 78 valence electrons. The second kappa shape index (κ2) is 3.73. The Morgan fingerprint density at radius 3 is 2.93 bits per heavy atom. The van der Waals surface area contributed by atoms with E-state index in [1.165, 1.54) is 7.11 Å². The van der Waals surface area contributed by atoms with E-state index in [2.05, 4.69) is 5.16 Å². The first kappa shape index (κ1) is 9.71. The Morgan fingerprint density at radius 2 is 2.27 bits per heavy atom. The zero-order chi connectivity index (χ0) is 10.8. The summed E-state index contributed by atoms with van der Waals surface area (Å²) in [6.07, 6.45) is 0.405. The van der Waals surface area contributed by atoms with E-state index in [0.717, 1.165) is 11.1 Å². The zero-order valence-corrected chi connectivity index (χ0v) is 8.30. The van der Waals surface area contributed by atoms with Gasteiger partial charge in [-0.15, -0.1) is 0 Å². The quantitative estimate of drug-likeness (QED) is 0.429. The molecule has 0 amide bonds. The van der Waals surface area contributed by atoms with Crippen molar-refractivity contribution in [3.05, 3.63) is 35.4 Å². The topological polar surface area (TPSA) is 58.9 Å². The number of benzene rings is 1. The van der Waals surface area contributed by atoms with Crippen LogP contribution in [0.4, 0.5) is 0 Å². The summed E-state index contributed by atoms with van der Waals surface area (Å²) in [6, 6.07) is 7.40. The van der Waals surface area contributed by atoms with Gasteiger partial charge in [-0.1, -0.05) is 29.4 Å². The van der Waals surface area contributed by atoms with Gasteiger partial charge in [-0.2, -0.15) is 0 Å². The van der Waals surface area contributed by atoms with Gasteiger partial charge in [-0.05, 0) is 5.56 Å². The smallest absolute Gasteiger partial charge is 0.313 e. The van der Waals surface area contributed by atoms with Crippen molar-refractivity contribution < 1.29 is 14.7 Å². The lowest BCUT2D eigenvalue weighted by Gasteiger charge is -2.06. The van der Waals surface area contributed by atoms with Gasteiger partial charge in [-0.3, -0.25) is 4.79 Å². The Balaban J connectivity index is 2.46. The van der Waals surface area contributed by atoms with Crippen LogP contribution in [0.3, 0.4) is 0 Å². The summed E-state index contributed by atoms with van der Waals surface area (Å²) < 4.78 is 4.71. The van der Waals surface area contributed by atoms with Crippen molar-refractivity contribution in [1.29, 1.82) is 0 Å². The van der Waals surface area contributed by atoms with E-state index in [1.807, 2.05) is 24.3 Å². The standard InChI is InChI=1S/C11H11NO3/c1-15-11(13)9-6-10(12-14)8-5-3-2-4-7(8)9/h2-5,9,14H,6H2,1H3/b12-10-. The maximum absolute atomic E-state index is 11.5. The molecule has 1 aliphatic rings. The Labute approximate surface area is 87.2 Å². The second-order valence-corrected chi connectivity index (χ2v) is 3.41. The fourth-order valence-electron chi connectivity index (χ4n) is 1.92. The first-order valence-corrected chi connectivity index (χ1v) is 4.66. The van der Waals surface area contributed by atoms with Gasteiger partial charge in [0.1, 0.15) is 0 Å². The average Bonchev–Trinajstić information content (AvgIpc) is 2.67. The molecule has 1 N–H and O–H groups in total. The second-order valence-electron chi connectivity index (χ2n) is 3.41. The molecule has 0 radical (unpaired) electrons. The lowest BCUT2D eigenvalue weighted by atomic mass is 10.0. The van der Waals surface area contributed by atoms with E-state index < -0.39 is 0 Å². The molecule has 0 heterocycles. The maximum Gasteiger partial charge on any atom is 0.313 e. The molecule has 0 bridgehead atoms. The predicted molar refractivity (Wildman–Crippen MR) is 54.1 cm³/mol. The van der Waals surface area contributed by atoms with Gasteiger partial charge in [0, 0.05) is 12.0 Å². The van der Waals surface area contributed by atoms with Crippen molar-refractivity contribution in [3.63, 3.8) is 0 Å². The van der Waals surface area contributed by atoms with Crippen molar-refractivity contribution >= 4 is 11.7 Å². The molecule has 4 heteroatoms. The molecule has 1 aliphatic carbocycles. The molecule has 4 nitrogen and oxygen atoms in total. The summed E-state index contributed by atoms with van der Waals surface area (Å²) in [5.74, 6) is -0.627. The molecule has 1 atom stereocenters. The first-order chi connectivity index (χ1) is 7.27. The molecule has 0 aromatic heterocycles. The predicted octanol–water partition coefficient (Wildman–Crippen LogP) is 1.53. The number of fused-ring (bicyclic) bond motifs is 1. The lowest BCUT2D eigenvalue weighted by molar-refractivity contribution is -0.142. The largest absolute Gasteiger partial charge is 0.469 e. The number of rotatable bonds is 1. The number of esters is 1. The van der Waals surface area contributed by atoms with E-state index in [-0.39, 0.29) is 11.9 Å². The molecule has 15 heavy (non-hydrogen) atoms. The van der Waals surface area contributed by atoms with Gasteiger partial charge >= 0.3 is 5.97 Å². The number of ether oxygens (including phenoxy) is 1. The Bertz CT molecular complexity index is 426. The van der Waals surface area contributed by atoms with Crippen LogP contribution in [0.2, 0.25) is 0 Å². The monoisotopic (exact) mass is 205 g/mol. The van der Waals surface area contributed by atoms with E-state index in [9.17, 15) is 4.79 Å². The van der Waals surface area contributed by atoms with E-state index in [1.54, 1.807) is 0 Å². The number of oxime groups is 1. The Kier molecular flexibility index (Phi) is 2.41. The van der Waals surface area contributed by atoms with Crippen LogP contribution < -0.4 is 0 Å². The fourth-order valence-corrected chi connectivity index (χ4v) is 1.92. The van der Waals surface area contributed by atoms with Gasteiger partial charge < -0.3 is 9.94 Å². The third kappa shape index (κ3) is 1.48. The van der Waals surface area contributed by atoms with E-state index in [0.29, 0.717) is 12.1 Å². The van der Waals surface area contributed by atoms with Gasteiger partial charge in [0.2, 0.25) is 0 Å². The Morgan fingerprint density at radius 1 is 1.53 bits per heavy atom. The van der Waals surface area contributed by atoms with Crippen molar-refractivity contribution in [2.75, 3.05) is 7.11 Å². The number of methoxy groups -OCH3 is 1. The molecule has 0 fully saturated rings. The minimum absolute atomic E-state index is 0.291. The summed E-state index contributed by atoms with van der Waals surface area (Å²) in [7, 11) is 1.36. The Hall–Kier alpha value is -1.84. The molecule has 1 unspecified atom stereocenters. The third-order valence-corrected chi connectivity index (χ3v) is 2.65. The highest BCUT2D eigenvalue weighted by atomic mass is 16.5. The van der Waals surface area contributed by atoms with Crippen molar-refractivity contribution in [2.24, 2.45) is 5.16 Å². The summed E-state index contributed by atoms with van der Waals surface area (Å²) in [6.45, 7) is 0. The van der Waals surface area contributed by atoms with Gasteiger partial charge in [0.05, 0.1) is 18.7 Å². The molecule has 0 spiro atoms. The van der Waals surface area contributed by atoms with Crippen molar-refractivity contribution in [2.45, 2.75) is 12.3 Å². The number of hydrogen-bond acceptors (Lipinski definition) is 4. The first-order valence-electron chi connectivity index (χ1n) is 4.66. The minimum Gasteiger partial charge on any atom is -0.469 e. The van der Waals surface area contributed by atoms with Crippen LogP contribution in [0.5, 0.6) is 0 Å². The van der Waals surface area contributed by atoms with Gasteiger partial charge in [0.15, 0.2) is 0 Å². The van der Waals surface area contributed by atoms with Crippen LogP contribution in [0.1, 0.15) is 23.5 Å². The number of carbonyl (C=O) groups is 1. The fraction of sp³-hybridized carbons (Fsp3) is 0.273. The van der Waals surface area contributed by atoms with Gasteiger partial charge in [0.25, 0.3) is 0 Å². The van der Waals surface area contributed by atoms with Crippen LogP contribution in [0.15, 0.2) is 29.4 Å². The van der Waals surface area contributed by atoms with Crippen molar-refractivity contribution in [1.82, 2.24) is 0 Å². The molecule has 0 saturated carbocycles. The molecular formula is C11H11NO3. The SMILES string of the molecule is COC(=O)C1C/C(=N/O)c2ccccc21. The highest BCUT2D eigenvalue weighted by molar-refractivity contribution is 6.08. The van der Waals surface area contributed by atoms with Crippen LogP contribution in [0.25, 0.3) is 0 Å². The van der Waals surface area contributed by atoms with Crippen LogP contribution in [-0.4, -0.2) is 24.0 Å². The minimum atomic E-state index is -0.336. The lowest BCUT2D eigenvalue weighted by Crippen LogP contribution is -2.11. The molecule has 0 aliphatic heterocycles. The molecule has 0 saturated heterocycles. The highest BCUT2D eigenvalue weighted by Crippen LogP contribution is 2.33. The van der Waals surface area contributed by atoms with Crippen LogP contribution in [-0.2, 0) is 9.53 Å². The third-order valence-electron chi connectivity index (χ3n) is 2.65. The molecule has 1 aromatic rings. The van der Waals surface area contributed by atoms with Crippen molar-refractivity contribution in [3.8, 4) is 0 Å². The molecular weight excluding hydrogens is 194 g/mol. The molecule has 1 aromatic carbocycles. The summed E-state index contributed by atoms with van der Waals surface area (Å²) in [4.78, 5) is 11.5. The highest BCUT2D eigenvalue weighted by Gasteiger charge is 2.33. The van der Waals surface area contributed by atoms with Crippen LogP contribution in [0, 0.1) is 0 Å². The van der Waals surface area contributed by atoms with Crippen LogP contribution >= 0.6 is 0 Å². The maximum atomic E-state index is 11.5.